The Morgan fingerprint density at radius 1 is 1.10 bits per heavy atom. The van der Waals surface area contributed by atoms with Gasteiger partial charge in [0.05, 0.1) is 22.7 Å². The molecule has 0 spiro atoms. The molecule has 0 aromatic heterocycles. The minimum atomic E-state index is -0.364. The van der Waals surface area contributed by atoms with Gasteiger partial charge in [-0.1, -0.05) is 35.6 Å². The standard InChI is InChI=1S/C14H12N4O2/c19-18(20)13-9-5-4-8-12(13)14-10-15-16-17(14)11-6-2-1-3-7-11/h1-9,14H,10H2/t14-/m1/s1. The topological polar surface area (TPSA) is 71.1 Å². The van der Waals surface area contributed by atoms with E-state index in [0.717, 1.165) is 5.69 Å². The van der Waals surface area contributed by atoms with Crippen molar-refractivity contribution in [3.05, 3.63) is 70.3 Å². The van der Waals surface area contributed by atoms with E-state index in [9.17, 15) is 10.1 Å². The van der Waals surface area contributed by atoms with Gasteiger partial charge >= 0.3 is 0 Å². The molecule has 1 heterocycles. The van der Waals surface area contributed by atoms with Crippen LogP contribution < -0.4 is 5.01 Å². The van der Waals surface area contributed by atoms with Crippen molar-refractivity contribution in [2.45, 2.75) is 6.04 Å². The fourth-order valence-electron chi connectivity index (χ4n) is 2.30. The summed E-state index contributed by atoms with van der Waals surface area (Å²) in [4.78, 5) is 10.8. The molecule has 2 aromatic rings. The molecule has 0 saturated heterocycles. The Bertz CT molecular complexity index is 657. The number of anilines is 1. The molecule has 0 unspecified atom stereocenters. The van der Waals surface area contributed by atoms with Gasteiger partial charge in [-0.3, -0.25) is 10.1 Å². The Morgan fingerprint density at radius 3 is 2.55 bits per heavy atom. The monoisotopic (exact) mass is 268 g/mol. The largest absolute Gasteiger partial charge is 0.274 e. The summed E-state index contributed by atoms with van der Waals surface area (Å²) in [5, 5.41) is 21.0. The second-order valence-electron chi connectivity index (χ2n) is 4.43. The van der Waals surface area contributed by atoms with Gasteiger partial charge in [-0.25, -0.2) is 5.01 Å². The summed E-state index contributed by atoms with van der Waals surface area (Å²) in [5.41, 5.74) is 1.61. The van der Waals surface area contributed by atoms with Gasteiger partial charge in [0.1, 0.15) is 6.04 Å². The van der Waals surface area contributed by atoms with E-state index in [0.29, 0.717) is 12.1 Å². The second kappa shape index (κ2) is 5.08. The highest BCUT2D eigenvalue weighted by Crippen LogP contribution is 2.35. The van der Waals surface area contributed by atoms with E-state index >= 15 is 0 Å². The van der Waals surface area contributed by atoms with Crippen LogP contribution in [0.1, 0.15) is 11.6 Å². The third kappa shape index (κ3) is 2.11. The number of nitro groups is 1. The molecule has 0 saturated carbocycles. The molecule has 6 nitrogen and oxygen atoms in total. The van der Waals surface area contributed by atoms with Gasteiger partial charge < -0.3 is 0 Å². The summed E-state index contributed by atoms with van der Waals surface area (Å²) in [5.74, 6) is 0. The molecule has 0 radical (unpaired) electrons. The smallest absolute Gasteiger partial charge is 0.258 e. The fraction of sp³-hybridized carbons (Fsp3) is 0.143. The van der Waals surface area contributed by atoms with Crippen molar-refractivity contribution in [2.24, 2.45) is 10.3 Å². The van der Waals surface area contributed by atoms with E-state index in [1.807, 2.05) is 30.3 Å². The summed E-state index contributed by atoms with van der Waals surface area (Å²) in [6, 6.07) is 16.0. The minimum Gasteiger partial charge on any atom is -0.258 e. The Hall–Kier alpha value is -2.76. The average molecular weight is 268 g/mol. The number of para-hydroxylation sites is 2. The van der Waals surface area contributed by atoms with Crippen LogP contribution >= 0.6 is 0 Å². The summed E-state index contributed by atoms with van der Waals surface area (Å²) < 4.78 is 0. The van der Waals surface area contributed by atoms with Crippen LogP contribution in [-0.4, -0.2) is 11.5 Å². The van der Waals surface area contributed by atoms with E-state index in [2.05, 4.69) is 10.3 Å². The van der Waals surface area contributed by atoms with Crippen LogP contribution in [0.3, 0.4) is 0 Å². The predicted molar refractivity (Wildman–Crippen MR) is 74.5 cm³/mol. The number of hydrogen-bond acceptors (Lipinski definition) is 5. The van der Waals surface area contributed by atoms with Gasteiger partial charge in [0.2, 0.25) is 0 Å². The van der Waals surface area contributed by atoms with Crippen molar-refractivity contribution in [1.82, 2.24) is 0 Å². The summed E-state index contributed by atoms with van der Waals surface area (Å²) in [7, 11) is 0. The Morgan fingerprint density at radius 2 is 1.80 bits per heavy atom. The van der Waals surface area contributed by atoms with Crippen molar-refractivity contribution in [3.8, 4) is 0 Å². The van der Waals surface area contributed by atoms with Crippen LogP contribution in [0.2, 0.25) is 0 Å². The van der Waals surface area contributed by atoms with E-state index < -0.39 is 0 Å². The van der Waals surface area contributed by atoms with Gasteiger partial charge in [-0.05, 0) is 18.2 Å². The molecule has 20 heavy (non-hydrogen) atoms. The number of benzene rings is 2. The molecule has 0 bridgehead atoms. The first kappa shape index (κ1) is 12.3. The van der Waals surface area contributed by atoms with Gasteiger partial charge in [0, 0.05) is 6.07 Å². The Kier molecular flexibility index (Phi) is 3.12. The number of rotatable bonds is 3. The first-order valence-corrected chi connectivity index (χ1v) is 6.22. The fourth-order valence-corrected chi connectivity index (χ4v) is 2.30. The first-order chi connectivity index (χ1) is 9.77. The molecule has 1 aliphatic heterocycles. The number of hydrogen-bond donors (Lipinski definition) is 0. The maximum absolute atomic E-state index is 11.1. The zero-order valence-electron chi connectivity index (χ0n) is 10.6. The molecular formula is C14H12N4O2. The Balaban J connectivity index is 2.01. The molecule has 0 aliphatic carbocycles. The molecule has 1 atom stereocenters. The lowest BCUT2D eigenvalue weighted by Gasteiger charge is -2.21. The van der Waals surface area contributed by atoms with E-state index in [-0.39, 0.29) is 16.7 Å². The van der Waals surface area contributed by atoms with Crippen molar-refractivity contribution in [3.63, 3.8) is 0 Å². The average Bonchev–Trinajstić information content (AvgIpc) is 2.97. The second-order valence-corrected chi connectivity index (χ2v) is 4.43. The minimum absolute atomic E-state index is 0.103. The lowest BCUT2D eigenvalue weighted by Crippen LogP contribution is -2.21. The molecule has 3 rings (SSSR count). The van der Waals surface area contributed by atoms with E-state index in [4.69, 9.17) is 0 Å². The van der Waals surface area contributed by atoms with Crippen LogP contribution in [0.15, 0.2) is 64.9 Å². The van der Waals surface area contributed by atoms with Gasteiger partial charge in [-0.2, -0.15) is 5.11 Å². The maximum Gasteiger partial charge on any atom is 0.274 e. The summed E-state index contributed by atoms with van der Waals surface area (Å²) >= 11 is 0. The molecule has 0 N–H and O–H groups in total. The lowest BCUT2D eigenvalue weighted by atomic mass is 10.0. The third-order valence-corrected chi connectivity index (χ3v) is 3.22. The van der Waals surface area contributed by atoms with Crippen LogP contribution in [0.5, 0.6) is 0 Å². The van der Waals surface area contributed by atoms with Crippen molar-refractivity contribution >= 4 is 11.4 Å². The number of nitro benzene ring substituents is 1. The van der Waals surface area contributed by atoms with E-state index in [1.165, 1.54) is 6.07 Å². The van der Waals surface area contributed by atoms with Crippen molar-refractivity contribution in [2.75, 3.05) is 11.6 Å². The SMILES string of the molecule is O=[N+]([O-])c1ccccc1[C@H]1CN=NN1c1ccccc1. The zero-order chi connectivity index (χ0) is 13.9. The molecular weight excluding hydrogens is 256 g/mol. The Labute approximate surface area is 115 Å². The quantitative estimate of drug-likeness (QED) is 0.631. The highest BCUT2D eigenvalue weighted by molar-refractivity contribution is 5.52. The molecule has 1 aliphatic rings. The molecule has 0 amide bonds. The summed E-state index contributed by atoms with van der Waals surface area (Å²) in [6.07, 6.45) is 0. The van der Waals surface area contributed by atoms with Crippen molar-refractivity contribution in [1.29, 1.82) is 0 Å². The summed E-state index contributed by atoms with van der Waals surface area (Å²) in [6.45, 7) is 0.416. The maximum atomic E-state index is 11.1. The van der Waals surface area contributed by atoms with Crippen LogP contribution in [0.4, 0.5) is 11.4 Å². The van der Waals surface area contributed by atoms with Gasteiger partial charge in [-0.15, -0.1) is 0 Å². The molecule has 0 fully saturated rings. The first-order valence-electron chi connectivity index (χ1n) is 6.22. The lowest BCUT2D eigenvalue weighted by molar-refractivity contribution is -0.385. The van der Waals surface area contributed by atoms with Crippen molar-refractivity contribution < 1.29 is 4.92 Å². The van der Waals surface area contributed by atoms with E-state index in [1.54, 1.807) is 23.2 Å². The van der Waals surface area contributed by atoms with Crippen LogP contribution in [0.25, 0.3) is 0 Å². The normalized spacial score (nSPS) is 17.4. The molecule has 2 aromatic carbocycles. The van der Waals surface area contributed by atoms with Gasteiger partial charge in [0.15, 0.2) is 0 Å². The predicted octanol–water partition coefficient (Wildman–Crippen LogP) is 3.52. The number of nitrogens with zero attached hydrogens (tertiary/aromatic N) is 4. The highest BCUT2D eigenvalue weighted by Gasteiger charge is 2.30. The van der Waals surface area contributed by atoms with Crippen LogP contribution in [-0.2, 0) is 0 Å². The zero-order valence-corrected chi connectivity index (χ0v) is 10.6. The van der Waals surface area contributed by atoms with Gasteiger partial charge in [0.25, 0.3) is 5.69 Å². The highest BCUT2D eigenvalue weighted by atomic mass is 16.6. The molecule has 6 heteroatoms. The molecule has 100 valence electrons. The third-order valence-electron chi connectivity index (χ3n) is 3.22. The van der Waals surface area contributed by atoms with Crippen LogP contribution in [0, 0.1) is 10.1 Å².